The predicted octanol–water partition coefficient (Wildman–Crippen LogP) is 7.12. The van der Waals surface area contributed by atoms with E-state index >= 15 is 0 Å². The topological polar surface area (TPSA) is 96.7 Å². The van der Waals surface area contributed by atoms with Crippen molar-refractivity contribution in [2.24, 2.45) is 4.99 Å². The second-order valence-electron chi connectivity index (χ2n) is 9.88. The average molecular weight is 741 g/mol. The summed E-state index contributed by atoms with van der Waals surface area (Å²) in [5, 5.41) is 4.99. The Balaban J connectivity index is 1.19. The van der Waals surface area contributed by atoms with Crippen molar-refractivity contribution in [1.82, 2.24) is 25.6 Å². The van der Waals surface area contributed by atoms with Gasteiger partial charge in [-0.2, -0.15) is 26.9 Å². The molecule has 2 N–H and O–H groups in total. The number of hydrogen-bond acceptors (Lipinski definition) is 7. The second kappa shape index (κ2) is 13.4. The Kier molecular flexibility index (Phi) is 9.76. The first-order chi connectivity index (χ1) is 21.7. The summed E-state index contributed by atoms with van der Waals surface area (Å²) in [5.41, 5.74) is 9.61. The number of hydrogen-bond donors (Lipinski definition) is 2. The lowest BCUT2D eigenvalue weighted by atomic mass is 10.1. The number of ether oxygens (including phenoxy) is 1. The van der Waals surface area contributed by atoms with E-state index in [-0.39, 0.29) is 22.8 Å². The summed E-state index contributed by atoms with van der Waals surface area (Å²) < 4.78 is 69.5. The number of rotatable bonds is 8. The Morgan fingerprint density at radius 2 is 1.78 bits per heavy atom. The van der Waals surface area contributed by atoms with Crippen molar-refractivity contribution in [3.05, 3.63) is 88.7 Å². The molecule has 5 rings (SSSR count). The minimum absolute atomic E-state index is 0.0896. The third-order valence-electron chi connectivity index (χ3n) is 6.61. The number of carbonyl (C=O) groups excluding carboxylic acids is 1. The molecule has 1 atom stereocenters. The van der Waals surface area contributed by atoms with Gasteiger partial charge in [-0.25, -0.2) is 15.1 Å². The van der Waals surface area contributed by atoms with Gasteiger partial charge in [0, 0.05) is 16.1 Å². The van der Waals surface area contributed by atoms with E-state index in [9.17, 15) is 26.7 Å². The van der Waals surface area contributed by atoms with E-state index in [1.807, 2.05) is 44.2 Å². The molecule has 240 valence electrons. The van der Waals surface area contributed by atoms with E-state index in [1.165, 1.54) is 34.9 Å². The molecule has 0 saturated carbocycles. The summed E-state index contributed by atoms with van der Waals surface area (Å²) in [7, 11) is 0. The van der Waals surface area contributed by atoms with E-state index in [1.54, 1.807) is 17.0 Å². The summed E-state index contributed by atoms with van der Waals surface area (Å²) in [4.78, 5) is 22.9. The highest BCUT2D eigenvalue weighted by atomic mass is 79.9. The molecule has 4 aromatic rings. The molecule has 46 heavy (non-hydrogen) atoms. The molecule has 0 aliphatic carbocycles. The van der Waals surface area contributed by atoms with Crippen LogP contribution in [0.1, 0.15) is 24.1 Å². The van der Waals surface area contributed by atoms with Gasteiger partial charge < -0.3 is 4.74 Å². The molecule has 9 nitrogen and oxygen atoms in total. The number of thiocarbonyl (C=S) groups is 1. The van der Waals surface area contributed by atoms with Gasteiger partial charge >= 0.3 is 12.3 Å². The minimum atomic E-state index is -5.84. The molecule has 2 heterocycles. The lowest BCUT2D eigenvalue weighted by Gasteiger charge is -2.20. The molecule has 0 spiro atoms. The fraction of sp³-hybridized carbons (Fsp3) is 0.207. The van der Waals surface area contributed by atoms with E-state index in [0.717, 1.165) is 33.4 Å². The predicted molar refractivity (Wildman–Crippen MR) is 172 cm³/mol. The molecule has 3 aromatic carbocycles. The number of halogens is 6. The van der Waals surface area contributed by atoms with E-state index in [4.69, 9.17) is 12.2 Å². The normalized spacial score (nSPS) is 15.3. The zero-order valence-electron chi connectivity index (χ0n) is 23.8. The molecule has 1 aromatic heterocycles. The van der Waals surface area contributed by atoms with Gasteiger partial charge in [0.05, 0.1) is 17.1 Å². The number of thioether (sulfide) groups is 1. The highest BCUT2D eigenvalue weighted by Crippen LogP contribution is 2.37. The molecule has 17 heteroatoms. The Morgan fingerprint density at radius 1 is 1.09 bits per heavy atom. The molecule has 1 unspecified atom stereocenters. The zero-order valence-corrected chi connectivity index (χ0v) is 27.1. The molecule has 1 aliphatic heterocycles. The Labute approximate surface area is 277 Å². The highest BCUT2D eigenvalue weighted by molar-refractivity contribution is 9.10. The first-order valence-corrected chi connectivity index (χ1v) is 15.5. The van der Waals surface area contributed by atoms with Crippen molar-refractivity contribution < 1.29 is 31.5 Å². The van der Waals surface area contributed by atoms with Crippen LogP contribution in [-0.2, 0) is 4.79 Å². The van der Waals surface area contributed by atoms with E-state index in [2.05, 4.69) is 46.6 Å². The van der Waals surface area contributed by atoms with Gasteiger partial charge in [0.25, 0.3) is 0 Å². The Bertz CT molecular complexity index is 1780. The monoisotopic (exact) mass is 739 g/mol. The molecule has 1 aliphatic rings. The fourth-order valence-corrected chi connectivity index (χ4v) is 5.61. The molecular formula is C29H23BrF5N7O2S2. The van der Waals surface area contributed by atoms with Crippen LogP contribution in [0.25, 0.3) is 17.1 Å². The van der Waals surface area contributed by atoms with Crippen LogP contribution in [0.2, 0.25) is 0 Å². The van der Waals surface area contributed by atoms with E-state index < -0.39 is 18.0 Å². The van der Waals surface area contributed by atoms with Gasteiger partial charge in [-0.05, 0) is 73.6 Å². The van der Waals surface area contributed by atoms with Crippen molar-refractivity contribution in [2.45, 2.75) is 32.2 Å². The number of benzene rings is 3. The maximum atomic E-state index is 13.2. The van der Waals surface area contributed by atoms with Crippen LogP contribution < -0.4 is 20.5 Å². The van der Waals surface area contributed by atoms with Gasteiger partial charge in [0.15, 0.2) is 11.0 Å². The smallest absolute Gasteiger partial charge is 0.426 e. The van der Waals surface area contributed by atoms with Gasteiger partial charge in [-0.3, -0.25) is 15.1 Å². The van der Waals surface area contributed by atoms with Crippen molar-refractivity contribution >= 4 is 61.8 Å². The van der Waals surface area contributed by atoms with Crippen LogP contribution in [0.15, 0.2) is 82.5 Å². The van der Waals surface area contributed by atoms with Gasteiger partial charge in [0.2, 0.25) is 11.0 Å². The third kappa shape index (κ3) is 7.54. The maximum absolute atomic E-state index is 13.2. The average Bonchev–Trinajstić information content (AvgIpc) is 3.64. The number of amides is 1. The van der Waals surface area contributed by atoms with Gasteiger partial charge in [-0.15, -0.1) is 5.10 Å². The largest absolute Gasteiger partial charge is 0.499 e. The van der Waals surface area contributed by atoms with Crippen molar-refractivity contribution in [3.8, 4) is 22.8 Å². The number of carbonyl (C=O) groups is 1. The third-order valence-corrected chi connectivity index (χ3v) is 8.22. The number of nitrogens with zero attached hydrogens (tertiary/aromatic N) is 5. The number of amidine groups is 1. The number of anilines is 1. The van der Waals surface area contributed by atoms with Crippen LogP contribution in [0.5, 0.6) is 5.75 Å². The Hall–Kier alpha value is -3.93. The summed E-state index contributed by atoms with van der Waals surface area (Å²) in [6, 6.07) is 17.3. The van der Waals surface area contributed by atoms with Gasteiger partial charge in [0.1, 0.15) is 12.1 Å². The van der Waals surface area contributed by atoms with Crippen LogP contribution >= 0.6 is 39.9 Å². The zero-order chi connectivity index (χ0) is 33.2. The highest BCUT2D eigenvalue weighted by Gasteiger charge is 2.61. The van der Waals surface area contributed by atoms with Crippen molar-refractivity contribution in [2.75, 3.05) is 10.7 Å². The lowest BCUT2D eigenvalue weighted by molar-refractivity contribution is -0.360. The number of hydrazine groups is 1. The molecule has 1 fully saturated rings. The van der Waals surface area contributed by atoms with Crippen LogP contribution in [0.3, 0.4) is 0 Å². The quantitative estimate of drug-likeness (QED) is 0.112. The summed E-state index contributed by atoms with van der Waals surface area (Å²) in [5.74, 6) is -0.129. The number of aliphatic imine (C=N–C) groups is 1. The summed E-state index contributed by atoms with van der Waals surface area (Å²) in [6.45, 7) is 3.83. The molecule has 1 saturated heterocycles. The standard InChI is InChI=1S/C29H23BrF5N7O2S2/c1-16-3-8-20(30)13-23(16)42-24(43)14-46-27(42)37-26(45)39-38-17(2)18-4-6-19(7-5-18)25-36-15-41(40-25)21-9-11-22(12-10-21)44-29(34,35)28(31,32)33/h3-13,15,17,38H,14H2,1-2H3,(H,39,45). The number of aromatic nitrogens is 3. The number of nitrogens with one attached hydrogen (secondary N) is 2. The first kappa shape index (κ1) is 33.4. The van der Waals surface area contributed by atoms with Crippen molar-refractivity contribution in [3.63, 3.8) is 0 Å². The second-order valence-corrected chi connectivity index (χ2v) is 12.1. The molecule has 0 radical (unpaired) electrons. The molecular weight excluding hydrogens is 717 g/mol. The summed E-state index contributed by atoms with van der Waals surface area (Å²) >= 11 is 10.2. The molecule has 0 bridgehead atoms. The van der Waals surface area contributed by atoms with E-state index in [0.29, 0.717) is 22.2 Å². The fourth-order valence-electron chi connectivity index (χ4n) is 4.19. The molecule has 1 amide bonds. The summed E-state index contributed by atoms with van der Waals surface area (Å²) in [6.07, 6.45) is -9.77. The number of aryl methyl sites for hydroxylation is 1. The van der Waals surface area contributed by atoms with Gasteiger partial charge in [-0.1, -0.05) is 58.0 Å². The minimum Gasteiger partial charge on any atom is -0.426 e. The SMILES string of the molecule is Cc1ccc(Br)cc1N1C(=O)CSC1=NC(=S)NNC(C)c1ccc(-c2ncn(-c3ccc(OC(F)(F)C(F)(F)F)cc3)n2)cc1. The first-order valence-electron chi connectivity index (χ1n) is 13.3. The number of alkyl halides is 5. The maximum Gasteiger partial charge on any atom is 0.499 e. The van der Waals surface area contributed by atoms with Crippen LogP contribution in [0, 0.1) is 6.92 Å². The van der Waals surface area contributed by atoms with Crippen LogP contribution in [0.4, 0.5) is 27.6 Å². The lowest BCUT2D eigenvalue weighted by Crippen LogP contribution is -2.41. The Morgan fingerprint density at radius 3 is 2.46 bits per heavy atom. The van der Waals surface area contributed by atoms with Crippen LogP contribution in [-0.4, -0.2) is 49.0 Å². The van der Waals surface area contributed by atoms with Crippen molar-refractivity contribution in [1.29, 1.82) is 0 Å².